The number of benzene rings is 1. The Morgan fingerprint density at radius 1 is 1.31 bits per heavy atom. The molecule has 0 spiro atoms. The lowest BCUT2D eigenvalue weighted by molar-refractivity contribution is -0.148. The molecular weight excluding hydrogens is 212 g/mol. The summed E-state index contributed by atoms with van der Waals surface area (Å²) in [5.41, 5.74) is 0.758. The Labute approximate surface area is 91.6 Å². The first kappa shape index (κ1) is 11.9. The van der Waals surface area contributed by atoms with Gasteiger partial charge in [0.05, 0.1) is 12.7 Å². The number of ether oxygens (including phenoxy) is 1. The number of methoxy groups -OCH3 is 1. The van der Waals surface area contributed by atoms with Crippen LogP contribution in [0.1, 0.15) is 15.9 Å². The Morgan fingerprint density at radius 3 is 2.56 bits per heavy atom. The van der Waals surface area contributed by atoms with Crippen molar-refractivity contribution in [2.24, 2.45) is 0 Å². The summed E-state index contributed by atoms with van der Waals surface area (Å²) in [5, 5.41) is 8.43. The lowest BCUT2D eigenvalue weighted by Crippen LogP contribution is -2.15. The van der Waals surface area contributed by atoms with Crippen LogP contribution in [0.3, 0.4) is 0 Å². The molecule has 0 aromatic heterocycles. The summed E-state index contributed by atoms with van der Waals surface area (Å²) in [7, 11) is 1.25. The number of rotatable bonds is 4. The zero-order valence-corrected chi connectivity index (χ0v) is 8.60. The van der Waals surface area contributed by atoms with Crippen LogP contribution >= 0.6 is 0 Å². The van der Waals surface area contributed by atoms with Crippen LogP contribution in [0.5, 0.6) is 0 Å². The van der Waals surface area contributed by atoms with E-state index in [9.17, 15) is 14.4 Å². The third-order valence-corrected chi connectivity index (χ3v) is 1.95. The van der Waals surface area contributed by atoms with Gasteiger partial charge in [-0.15, -0.1) is 0 Å². The summed E-state index contributed by atoms with van der Waals surface area (Å²) in [6.45, 7) is 0. The van der Waals surface area contributed by atoms with Crippen molar-refractivity contribution in [3.05, 3.63) is 35.4 Å². The molecular formula is C11H10O5. The molecule has 0 saturated carbocycles. The number of hydrogen-bond acceptors (Lipinski definition) is 4. The maximum atomic E-state index is 11.2. The molecule has 0 aliphatic heterocycles. The van der Waals surface area contributed by atoms with Crippen molar-refractivity contribution in [1.29, 1.82) is 0 Å². The summed E-state index contributed by atoms with van der Waals surface area (Å²) in [5.74, 6) is -2.92. The highest BCUT2D eigenvalue weighted by Gasteiger charge is 2.13. The normalized spacial score (nSPS) is 9.56. The van der Waals surface area contributed by atoms with Crippen molar-refractivity contribution in [3.8, 4) is 0 Å². The van der Waals surface area contributed by atoms with Gasteiger partial charge in [-0.3, -0.25) is 4.79 Å². The molecule has 0 bridgehead atoms. The molecule has 0 aliphatic carbocycles. The lowest BCUT2D eigenvalue weighted by Gasteiger charge is -2.01. The van der Waals surface area contributed by atoms with Gasteiger partial charge in [-0.25, -0.2) is 9.59 Å². The molecule has 1 N–H and O–H groups in total. The quantitative estimate of drug-likeness (QED) is 0.598. The fourth-order valence-electron chi connectivity index (χ4n) is 1.19. The van der Waals surface area contributed by atoms with E-state index >= 15 is 0 Å². The number of Topliss-reactive ketones (excluding diaryl/α,β-unsaturated/α-hetero) is 1. The first-order chi connectivity index (χ1) is 7.54. The number of hydrogen-bond donors (Lipinski definition) is 1. The van der Waals surface area contributed by atoms with Gasteiger partial charge in [-0.05, 0) is 17.7 Å². The molecule has 84 valence electrons. The van der Waals surface area contributed by atoms with Crippen molar-refractivity contribution < 1.29 is 24.2 Å². The summed E-state index contributed by atoms with van der Waals surface area (Å²) in [4.78, 5) is 32.4. The van der Waals surface area contributed by atoms with Gasteiger partial charge in [-0.2, -0.15) is 0 Å². The monoisotopic (exact) mass is 222 g/mol. The minimum Gasteiger partial charge on any atom is -0.475 e. The van der Waals surface area contributed by atoms with Gasteiger partial charge in [0.15, 0.2) is 0 Å². The molecule has 0 aliphatic rings. The Hall–Kier alpha value is -2.17. The highest BCUT2D eigenvalue weighted by Crippen LogP contribution is 2.07. The van der Waals surface area contributed by atoms with Crippen LogP contribution < -0.4 is 0 Å². The first-order valence-corrected chi connectivity index (χ1v) is 4.48. The second-order valence-electron chi connectivity index (χ2n) is 3.10. The molecule has 0 amide bonds. The topological polar surface area (TPSA) is 80.7 Å². The van der Waals surface area contributed by atoms with E-state index in [4.69, 9.17) is 5.11 Å². The van der Waals surface area contributed by atoms with Gasteiger partial charge >= 0.3 is 11.9 Å². The highest BCUT2D eigenvalue weighted by atomic mass is 16.5. The van der Waals surface area contributed by atoms with E-state index in [1.807, 2.05) is 0 Å². The summed E-state index contributed by atoms with van der Waals surface area (Å²) < 4.78 is 4.50. The fourth-order valence-corrected chi connectivity index (χ4v) is 1.19. The molecule has 16 heavy (non-hydrogen) atoms. The molecule has 0 atom stereocenters. The Kier molecular flexibility index (Phi) is 3.77. The standard InChI is InChI=1S/C11H10O5/c1-16-11(15)8-4-2-3-7(5-8)6-9(12)10(13)14/h2-5H,6H2,1H3,(H,13,14). The summed E-state index contributed by atoms with van der Waals surface area (Å²) in [6.07, 6.45) is -0.236. The Bertz CT molecular complexity index is 436. The molecule has 5 heteroatoms. The van der Waals surface area contributed by atoms with Crippen LogP contribution in [0.25, 0.3) is 0 Å². The minimum absolute atomic E-state index is 0.236. The molecule has 0 radical (unpaired) electrons. The summed E-state index contributed by atoms with van der Waals surface area (Å²) >= 11 is 0. The average molecular weight is 222 g/mol. The van der Waals surface area contributed by atoms with Crippen molar-refractivity contribution in [3.63, 3.8) is 0 Å². The van der Waals surface area contributed by atoms with Crippen LogP contribution in [0.2, 0.25) is 0 Å². The number of carbonyl (C=O) groups is 3. The Morgan fingerprint density at radius 2 is 2.00 bits per heavy atom. The van der Waals surface area contributed by atoms with E-state index in [0.717, 1.165) is 0 Å². The van der Waals surface area contributed by atoms with Crippen molar-refractivity contribution >= 4 is 17.7 Å². The molecule has 0 saturated heterocycles. The smallest absolute Gasteiger partial charge is 0.372 e. The molecule has 0 heterocycles. The van der Waals surface area contributed by atoms with E-state index in [0.29, 0.717) is 5.56 Å². The number of carboxylic acid groups (broad SMARTS) is 1. The molecule has 1 aromatic rings. The molecule has 1 aromatic carbocycles. The predicted molar refractivity (Wildman–Crippen MR) is 54.1 cm³/mol. The fraction of sp³-hybridized carbons (Fsp3) is 0.182. The summed E-state index contributed by atoms with van der Waals surface area (Å²) in [6, 6.07) is 6.11. The highest BCUT2D eigenvalue weighted by molar-refractivity contribution is 6.33. The maximum Gasteiger partial charge on any atom is 0.372 e. The van der Waals surface area contributed by atoms with Gasteiger partial charge in [0, 0.05) is 6.42 Å². The van der Waals surface area contributed by atoms with Crippen LogP contribution in [0.4, 0.5) is 0 Å². The van der Waals surface area contributed by atoms with E-state index in [1.54, 1.807) is 12.1 Å². The average Bonchev–Trinajstić information content (AvgIpc) is 2.28. The van der Waals surface area contributed by atoms with Gasteiger partial charge in [0.25, 0.3) is 0 Å². The number of carbonyl (C=O) groups excluding carboxylic acids is 2. The number of esters is 1. The number of carboxylic acids is 1. The van der Waals surface area contributed by atoms with Crippen molar-refractivity contribution in [1.82, 2.24) is 0 Å². The maximum absolute atomic E-state index is 11.2. The first-order valence-electron chi connectivity index (χ1n) is 4.48. The predicted octanol–water partition coefficient (Wildman–Crippen LogP) is 0.669. The largest absolute Gasteiger partial charge is 0.475 e. The minimum atomic E-state index is -1.48. The van der Waals surface area contributed by atoms with Gasteiger partial charge in [0.2, 0.25) is 5.78 Å². The van der Waals surface area contributed by atoms with Gasteiger partial charge < -0.3 is 9.84 Å². The van der Waals surface area contributed by atoms with Crippen molar-refractivity contribution in [2.45, 2.75) is 6.42 Å². The zero-order valence-electron chi connectivity index (χ0n) is 8.60. The Balaban J connectivity index is 2.87. The van der Waals surface area contributed by atoms with E-state index in [-0.39, 0.29) is 12.0 Å². The molecule has 0 unspecified atom stereocenters. The molecule has 0 fully saturated rings. The second kappa shape index (κ2) is 5.06. The lowest BCUT2D eigenvalue weighted by atomic mass is 10.1. The van der Waals surface area contributed by atoms with Crippen LogP contribution in [-0.2, 0) is 20.7 Å². The number of aliphatic carboxylic acids is 1. The van der Waals surface area contributed by atoms with Gasteiger partial charge in [0.1, 0.15) is 0 Å². The number of ketones is 1. The van der Waals surface area contributed by atoms with Crippen LogP contribution in [0, 0.1) is 0 Å². The van der Waals surface area contributed by atoms with E-state index in [2.05, 4.69) is 4.74 Å². The molecule has 5 nitrogen and oxygen atoms in total. The second-order valence-corrected chi connectivity index (χ2v) is 3.10. The SMILES string of the molecule is COC(=O)c1cccc(CC(=O)C(=O)O)c1. The van der Waals surface area contributed by atoms with E-state index in [1.165, 1.54) is 19.2 Å². The zero-order chi connectivity index (χ0) is 12.1. The van der Waals surface area contributed by atoms with Crippen molar-refractivity contribution in [2.75, 3.05) is 7.11 Å². The third-order valence-electron chi connectivity index (χ3n) is 1.95. The van der Waals surface area contributed by atoms with Crippen LogP contribution in [-0.4, -0.2) is 29.9 Å². The molecule has 1 rings (SSSR count). The van der Waals surface area contributed by atoms with Gasteiger partial charge in [-0.1, -0.05) is 12.1 Å². The third kappa shape index (κ3) is 2.91. The van der Waals surface area contributed by atoms with Crippen LogP contribution in [0.15, 0.2) is 24.3 Å². The van der Waals surface area contributed by atoms with E-state index < -0.39 is 17.7 Å².